The van der Waals surface area contributed by atoms with Crippen molar-refractivity contribution >= 4 is 0 Å². The van der Waals surface area contributed by atoms with E-state index in [4.69, 9.17) is 4.74 Å². The number of hydrogen-bond donors (Lipinski definition) is 0. The Morgan fingerprint density at radius 3 is 1.00 bits per heavy atom. The van der Waals surface area contributed by atoms with E-state index in [0.29, 0.717) is 0 Å². The molecule has 0 fully saturated rings. The van der Waals surface area contributed by atoms with Crippen LogP contribution in [0.15, 0.2) is 48.5 Å². The predicted molar refractivity (Wildman–Crippen MR) is 219 cm³/mol. The molecule has 280 valence electrons. The summed E-state index contributed by atoms with van der Waals surface area (Å²) in [5.41, 5.74) is 2.85. The summed E-state index contributed by atoms with van der Waals surface area (Å²) >= 11 is 0. The third kappa shape index (κ3) is 26.7. The fourth-order valence-electron chi connectivity index (χ4n) is 7.38. The zero-order valence-corrected chi connectivity index (χ0v) is 33.1. The van der Waals surface area contributed by atoms with Gasteiger partial charge in [-0.3, -0.25) is 0 Å². The lowest BCUT2D eigenvalue weighted by Crippen LogP contribution is -1.90. The maximum Gasteiger partial charge on any atom is 0.127 e. The Bertz CT molecular complexity index is 946. The monoisotopic (exact) mass is 675 g/mol. The van der Waals surface area contributed by atoms with E-state index in [1.54, 1.807) is 0 Å². The van der Waals surface area contributed by atoms with Crippen molar-refractivity contribution in [3.63, 3.8) is 0 Å². The highest BCUT2D eigenvalue weighted by molar-refractivity contribution is 5.35. The van der Waals surface area contributed by atoms with Gasteiger partial charge >= 0.3 is 0 Å². The van der Waals surface area contributed by atoms with E-state index in [2.05, 4.69) is 62.4 Å². The minimum Gasteiger partial charge on any atom is -0.457 e. The number of benzene rings is 2. The molecule has 0 saturated carbocycles. The molecule has 0 amide bonds. The highest BCUT2D eigenvalue weighted by Crippen LogP contribution is 2.24. The molecule has 0 bridgehead atoms. The summed E-state index contributed by atoms with van der Waals surface area (Å²) in [5, 5.41) is 0. The van der Waals surface area contributed by atoms with Crippen molar-refractivity contribution in [1.82, 2.24) is 0 Å². The molecule has 0 N–H and O–H groups in total. The van der Waals surface area contributed by atoms with Crippen LogP contribution in [0.3, 0.4) is 0 Å². The number of rotatable bonds is 36. The first-order chi connectivity index (χ1) is 24.3. The number of unbranched alkanes of at least 4 members (excludes halogenated alkanes) is 30. The van der Waals surface area contributed by atoms with Gasteiger partial charge in [0.1, 0.15) is 11.5 Å². The topological polar surface area (TPSA) is 9.23 Å². The van der Waals surface area contributed by atoms with Gasteiger partial charge in [0.25, 0.3) is 0 Å². The molecule has 2 aromatic carbocycles. The van der Waals surface area contributed by atoms with Crippen molar-refractivity contribution in [1.29, 1.82) is 0 Å². The van der Waals surface area contributed by atoms with Crippen molar-refractivity contribution in [3.05, 3.63) is 59.7 Å². The summed E-state index contributed by atoms with van der Waals surface area (Å²) < 4.78 is 6.24. The fraction of sp³-hybridized carbons (Fsp3) is 0.750. The minimum atomic E-state index is 0.954. The van der Waals surface area contributed by atoms with E-state index >= 15 is 0 Å². The van der Waals surface area contributed by atoms with Gasteiger partial charge in [0, 0.05) is 0 Å². The van der Waals surface area contributed by atoms with Crippen LogP contribution in [0, 0.1) is 0 Å². The Morgan fingerprint density at radius 1 is 0.306 bits per heavy atom. The summed E-state index contributed by atoms with van der Waals surface area (Å²) in [4.78, 5) is 0. The smallest absolute Gasteiger partial charge is 0.127 e. The summed E-state index contributed by atoms with van der Waals surface area (Å²) in [6.45, 7) is 4.61. The molecule has 0 radical (unpaired) electrons. The second kappa shape index (κ2) is 33.4. The molecule has 0 aliphatic rings. The molecule has 0 aromatic heterocycles. The molecule has 0 unspecified atom stereocenters. The van der Waals surface area contributed by atoms with Crippen LogP contribution in [0.4, 0.5) is 0 Å². The third-order valence-corrected chi connectivity index (χ3v) is 10.7. The van der Waals surface area contributed by atoms with Crippen molar-refractivity contribution in [2.75, 3.05) is 0 Å². The van der Waals surface area contributed by atoms with E-state index in [9.17, 15) is 0 Å². The van der Waals surface area contributed by atoms with Crippen LogP contribution in [0.5, 0.6) is 11.5 Å². The lowest BCUT2D eigenvalue weighted by atomic mass is 10.0. The van der Waals surface area contributed by atoms with Crippen LogP contribution in [-0.4, -0.2) is 0 Å². The normalized spacial score (nSPS) is 11.4. The Balaban J connectivity index is 1.41. The van der Waals surface area contributed by atoms with Crippen LogP contribution < -0.4 is 4.74 Å². The van der Waals surface area contributed by atoms with E-state index in [1.807, 2.05) is 0 Å². The molecule has 0 spiro atoms. The van der Waals surface area contributed by atoms with Gasteiger partial charge in [-0.05, 0) is 61.1 Å². The average molecular weight is 675 g/mol. The van der Waals surface area contributed by atoms with Crippen LogP contribution in [0.1, 0.15) is 230 Å². The molecule has 1 nitrogen and oxygen atoms in total. The maximum atomic E-state index is 6.24. The Hall–Kier alpha value is -1.76. The number of aryl methyl sites for hydroxylation is 2. The Kier molecular flexibility index (Phi) is 29.6. The highest BCUT2D eigenvalue weighted by Gasteiger charge is 2.02. The first-order valence-corrected chi connectivity index (χ1v) is 22.2. The molecule has 0 saturated heterocycles. The average Bonchev–Trinajstić information content (AvgIpc) is 3.12. The van der Waals surface area contributed by atoms with E-state index < -0.39 is 0 Å². The van der Waals surface area contributed by atoms with Gasteiger partial charge in [-0.2, -0.15) is 0 Å². The van der Waals surface area contributed by atoms with Crippen molar-refractivity contribution in [2.45, 2.75) is 232 Å². The van der Waals surface area contributed by atoms with Gasteiger partial charge in [-0.25, -0.2) is 0 Å². The Morgan fingerprint density at radius 2 is 0.633 bits per heavy atom. The van der Waals surface area contributed by atoms with Gasteiger partial charge in [0.05, 0.1) is 0 Å². The molecule has 2 aromatic rings. The second-order valence-electron chi connectivity index (χ2n) is 15.5. The van der Waals surface area contributed by atoms with Gasteiger partial charge in [0.2, 0.25) is 0 Å². The van der Waals surface area contributed by atoms with Crippen LogP contribution in [0.2, 0.25) is 0 Å². The van der Waals surface area contributed by atoms with E-state index in [0.717, 1.165) is 17.9 Å². The SMILES string of the molecule is CCCCCCCCCCCCCCCCCCc1ccc(Oc2cccc(CCCCCCCCCCCCCCCCCC)c2)cc1. The van der Waals surface area contributed by atoms with Crippen molar-refractivity contribution in [3.8, 4) is 11.5 Å². The van der Waals surface area contributed by atoms with Crippen LogP contribution >= 0.6 is 0 Å². The van der Waals surface area contributed by atoms with Crippen LogP contribution in [0.25, 0.3) is 0 Å². The summed E-state index contributed by atoms with van der Waals surface area (Å²) in [6.07, 6.45) is 47.9. The zero-order valence-electron chi connectivity index (χ0n) is 33.1. The van der Waals surface area contributed by atoms with Gasteiger partial charge < -0.3 is 4.74 Å². The molecule has 1 heteroatoms. The standard InChI is InChI=1S/C48H82O/c1-3-5-7-9-11-13-15-17-19-21-23-25-27-29-31-33-36-45-40-42-47(43-41-45)49-48-39-35-38-46(44-48)37-34-32-30-28-26-24-22-20-18-16-14-12-10-8-6-4-2/h35,38-44H,3-34,36-37H2,1-2H3. The van der Waals surface area contributed by atoms with Crippen molar-refractivity contribution in [2.24, 2.45) is 0 Å². The van der Waals surface area contributed by atoms with Crippen LogP contribution in [-0.2, 0) is 12.8 Å². The predicted octanol–water partition coefficient (Wildman–Crippen LogP) is 17.1. The molecular weight excluding hydrogens is 593 g/mol. The maximum absolute atomic E-state index is 6.24. The van der Waals surface area contributed by atoms with Gasteiger partial charge in [0.15, 0.2) is 0 Å². The van der Waals surface area contributed by atoms with Gasteiger partial charge in [-0.1, -0.05) is 231 Å². The summed E-state index contributed by atoms with van der Waals surface area (Å²) in [7, 11) is 0. The molecule has 2 rings (SSSR count). The zero-order chi connectivity index (χ0) is 34.7. The lowest BCUT2D eigenvalue weighted by Gasteiger charge is -2.09. The second-order valence-corrected chi connectivity index (χ2v) is 15.5. The highest BCUT2D eigenvalue weighted by atomic mass is 16.5. The lowest BCUT2D eigenvalue weighted by molar-refractivity contribution is 0.481. The molecular formula is C48H82O. The van der Waals surface area contributed by atoms with Gasteiger partial charge in [-0.15, -0.1) is 0 Å². The Labute approximate surface area is 307 Å². The summed E-state index contributed by atoms with van der Waals surface area (Å²) in [6, 6.07) is 17.6. The fourth-order valence-corrected chi connectivity index (χ4v) is 7.38. The van der Waals surface area contributed by atoms with E-state index in [1.165, 1.54) is 223 Å². The first kappa shape index (κ1) is 43.4. The molecule has 0 heterocycles. The quantitative estimate of drug-likeness (QED) is 0.0654. The van der Waals surface area contributed by atoms with Crippen molar-refractivity contribution < 1.29 is 4.74 Å². The summed E-state index contributed by atoms with van der Waals surface area (Å²) in [5.74, 6) is 1.93. The number of ether oxygens (including phenoxy) is 1. The molecule has 0 aliphatic carbocycles. The molecule has 0 aliphatic heterocycles. The third-order valence-electron chi connectivity index (χ3n) is 10.7. The van der Waals surface area contributed by atoms with E-state index in [-0.39, 0.29) is 0 Å². The number of hydrogen-bond acceptors (Lipinski definition) is 1. The largest absolute Gasteiger partial charge is 0.457 e. The minimum absolute atomic E-state index is 0.954. The molecule has 49 heavy (non-hydrogen) atoms. The first-order valence-electron chi connectivity index (χ1n) is 22.2. The molecule has 0 atom stereocenters.